The van der Waals surface area contributed by atoms with E-state index >= 15 is 0 Å². The fourth-order valence-corrected chi connectivity index (χ4v) is 2.68. The highest BCUT2D eigenvalue weighted by molar-refractivity contribution is 6.07. The van der Waals surface area contributed by atoms with Crippen LogP contribution < -0.4 is 10.1 Å². The zero-order chi connectivity index (χ0) is 15.6. The molecule has 0 amide bonds. The van der Waals surface area contributed by atoms with Crippen molar-refractivity contribution < 1.29 is 4.74 Å². The molecule has 0 atom stereocenters. The molecule has 5 nitrogen and oxygen atoms in total. The molecule has 23 heavy (non-hydrogen) atoms. The molecule has 0 saturated carbocycles. The van der Waals surface area contributed by atoms with Crippen LogP contribution in [-0.2, 0) is 6.54 Å². The summed E-state index contributed by atoms with van der Waals surface area (Å²) in [5, 5.41) is 5.72. The Balaban J connectivity index is 1.59. The van der Waals surface area contributed by atoms with Crippen molar-refractivity contribution in [1.82, 2.24) is 15.0 Å². The first-order valence-electron chi connectivity index (χ1n) is 7.43. The maximum absolute atomic E-state index is 5.06. The van der Waals surface area contributed by atoms with Crippen LogP contribution in [0, 0.1) is 0 Å². The Morgan fingerprint density at radius 3 is 2.74 bits per heavy atom. The summed E-state index contributed by atoms with van der Waals surface area (Å²) in [5.74, 6) is 1.46. The predicted molar refractivity (Wildman–Crippen MR) is 91.7 cm³/mol. The minimum Gasteiger partial charge on any atom is -0.481 e. The van der Waals surface area contributed by atoms with Crippen molar-refractivity contribution in [2.75, 3.05) is 12.4 Å². The summed E-state index contributed by atoms with van der Waals surface area (Å²) < 4.78 is 5.06. The summed E-state index contributed by atoms with van der Waals surface area (Å²) in [6.07, 6.45) is 3.67. The number of hydrogen-bond donors (Lipinski definition) is 2. The molecule has 0 aliphatic carbocycles. The predicted octanol–water partition coefficient (Wildman–Crippen LogP) is 3.73. The number of methoxy groups -OCH3 is 1. The number of anilines is 1. The average molecular weight is 304 g/mol. The van der Waals surface area contributed by atoms with Crippen LogP contribution in [0.5, 0.6) is 5.88 Å². The van der Waals surface area contributed by atoms with Crippen molar-refractivity contribution in [3.8, 4) is 5.88 Å². The lowest BCUT2D eigenvalue weighted by Gasteiger charge is -2.06. The molecule has 0 spiro atoms. The lowest BCUT2D eigenvalue weighted by atomic mass is 10.2. The molecular formula is C18H16N4O. The minimum absolute atomic E-state index is 0.618. The van der Waals surface area contributed by atoms with Gasteiger partial charge in [-0.25, -0.2) is 9.97 Å². The van der Waals surface area contributed by atoms with E-state index < -0.39 is 0 Å². The van der Waals surface area contributed by atoms with E-state index in [2.05, 4.69) is 38.5 Å². The second kappa shape index (κ2) is 5.61. The highest BCUT2D eigenvalue weighted by atomic mass is 16.5. The Hall–Kier alpha value is -3.08. The van der Waals surface area contributed by atoms with Crippen molar-refractivity contribution in [3.63, 3.8) is 0 Å². The smallest absolute Gasteiger partial charge is 0.212 e. The summed E-state index contributed by atoms with van der Waals surface area (Å²) in [5.41, 5.74) is 3.25. The van der Waals surface area contributed by atoms with Crippen molar-refractivity contribution in [2.24, 2.45) is 0 Å². The summed E-state index contributed by atoms with van der Waals surface area (Å²) in [7, 11) is 1.61. The van der Waals surface area contributed by atoms with Crippen LogP contribution in [-0.4, -0.2) is 22.1 Å². The SMILES string of the molecule is COc1ccc(CNc2cc3c(cn2)[nH]c2ccccc23)cn1. The van der Waals surface area contributed by atoms with Gasteiger partial charge in [-0.3, -0.25) is 0 Å². The molecule has 3 aromatic heterocycles. The maximum atomic E-state index is 5.06. The number of aromatic nitrogens is 3. The van der Waals surface area contributed by atoms with E-state index in [0.29, 0.717) is 12.4 Å². The number of aromatic amines is 1. The Labute approximate surface area is 133 Å². The molecule has 0 aliphatic heterocycles. The fraction of sp³-hybridized carbons (Fsp3) is 0.111. The van der Waals surface area contributed by atoms with Gasteiger partial charge >= 0.3 is 0 Å². The molecule has 0 radical (unpaired) electrons. The van der Waals surface area contributed by atoms with E-state index in [0.717, 1.165) is 22.4 Å². The standard InChI is InChI=1S/C18H16N4O/c1-23-18-7-6-12(10-21-18)9-19-17-8-14-13-4-2-3-5-15(13)22-16(14)11-20-17/h2-8,10-11,22H,9H2,1H3,(H,19,20). The summed E-state index contributed by atoms with van der Waals surface area (Å²) in [6, 6.07) is 14.2. The van der Waals surface area contributed by atoms with Crippen LogP contribution in [0.25, 0.3) is 21.8 Å². The first-order valence-corrected chi connectivity index (χ1v) is 7.43. The number of para-hydroxylation sites is 1. The van der Waals surface area contributed by atoms with Gasteiger partial charge in [0.15, 0.2) is 0 Å². The van der Waals surface area contributed by atoms with Crippen LogP contribution in [0.3, 0.4) is 0 Å². The molecule has 4 rings (SSSR count). The third-order valence-corrected chi connectivity index (χ3v) is 3.87. The monoisotopic (exact) mass is 304 g/mol. The van der Waals surface area contributed by atoms with Gasteiger partial charge < -0.3 is 15.0 Å². The van der Waals surface area contributed by atoms with Crippen LogP contribution in [0.1, 0.15) is 5.56 Å². The Morgan fingerprint density at radius 1 is 1.00 bits per heavy atom. The second-order valence-corrected chi connectivity index (χ2v) is 5.35. The third kappa shape index (κ3) is 2.57. The van der Waals surface area contributed by atoms with Crippen LogP contribution in [0.2, 0.25) is 0 Å². The normalized spacial score (nSPS) is 11.0. The molecule has 2 N–H and O–H groups in total. The number of nitrogens with zero attached hydrogens (tertiary/aromatic N) is 2. The molecule has 0 fully saturated rings. The van der Waals surface area contributed by atoms with Crippen LogP contribution >= 0.6 is 0 Å². The van der Waals surface area contributed by atoms with Crippen molar-refractivity contribution in [1.29, 1.82) is 0 Å². The van der Waals surface area contributed by atoms with E-state index in [4.69, 9.17) is 4.74 Å². The molecule has 5 heteroatoms. The van der Waals surface area contributed by atoms with E-state index in [1.54, 1.807) is 13.3 Å². The molecule has 0 saturated heterocycles. The van der Waals surface area contributed by atoms with Gasteiger partial charge in [-0.2, -0.15) is 0 Å². The van der Waals surface area contributed by atoms with E-state index in [9.17, 15) is 0 Å². The highest BCUT2D eigenvalue weighted by Crippen LogP contribution is 2.26. The highest BCUT2D eigenvalue weighted by Gasteiger charge is 2.05. The zero-order valence-electron chi connectivity index (χ0n) is 12.7. The molecule has 4 aromatic rings. The average Bonchev–Trinajstić information content (AvgIpc) is 2.98. The largest absolute Gasteiger partial charge is 0.481 e. The van der Waals surface area contributed by atoms with Gasteiger partial charge in [0.25, 0.3) is 0 Å². The van der Waals surface area contributed by atoms with Gasteiger partial charge in [0, 0.05) is 35.1 Å². The number of rotatable bonds is 4. The number of fused-ring (bicyclic) bond motifs is 3. The third-order valence-electron chi connectivity index (χ3n) is 3.87. The van der Waals surface area contributed by atoms with E-state index in [-0.39, 0.29) is 0 Å². The molecule has 0 aliphatic rings. The van der Waals surface area contributed by atoms with Gasteiger partial charge in [-0.05, 0) is 17.7 Å². The van der Waals surface area contributed by atoms with Gasteiger partial charge in [0.05, 0.1) is 18.8 Å². The van der Waals surface area contributed by atoms with Crippen LogP contribution in [0.15, 0.2) is 54.9 Å². The first kappa shape index (κ1) is 13.6. The summed E-state index contributed by atoms with van der Waals surface area (Å²) in [6.45, 7) is 0.665. The Morgan fingerprint density at radius 2 is 1.91 bits per heavy atom. The lowest BCUT2D eigenvalue weighted by molar-refractivity contribution is 0.397. The Kier molecular flexibility index (Phi) is 3.31. The minimum atomic E-state index is 0.618. The summed E-state index contributed by atoms with van der Waals surface area (Å²) in [4.78, 5) is 12.0. The van der Waals surface area contributed by atoms with Crippen LogP contribution in [0.4, 0.5) is 5.82 Å². The van der Waals surface area contributed by atoms with Crippen molar-refractivity contribution >= 4 is 27.6 Å². The van der Waals surface area contributed by atoms with Gasteiger partial charge in [0.2, 0.25) is 5.88 Å². The van der Waals surface area contributed by atoms with E-state index in [1.165, 1.54) is 10.8 Å². The zero-order valence-corrected chi connectivity index (χ0v) is 12.7. The summed E-state index contributed by atoms with van der Waals surface area (Å²) >= 11 is 0. The molecule has 114 valence electrons. The van der Waals surface area contributed by atoms with Crippen molar-refractivity contribution in [3.05, 3.63) is 60.4 Å². The first-order chi connectivity index (χ1) is 11.3. The quantitative estimate of drug-likeness (QED) is 0.603. The van der Waals surface area contributed by atoms with E-state index in [1.807, 2.05) is 30.5 Å². The number of H-pyrrole nitrogens is 1. The number of nitrogens with one attached hydrogen (secondary N) is 2. The molecule has 0 unspecified atom stereocenters. The van der Waals surface area contributed by atoms with Gasteiger partial charge in [-0.1, -0.05) is 24.3 Å². The molecule has 3 heterocycles. The molecule has 0 bridgehead atoms. The second-order valence-electron chi connectivity index (χ2n) is 5.35. The fourth-order valence-electron chi connectivity index (χ4n) is 2.68. The van der Waals surface area contributed by atoms with Crippen molar-refractivity contribution in [2.45, 2.75) is 6.54 Å². The molecular weight excluding hydrogens is 288 g/mol. The number of benzene rings is 1. The Bertz CT molecular complexity index is 960. The maximum Gasteiger partial charge on any atom is 0.212 e. The van der Waals surface area contributed by atoms with Gasteiger partial charge in [-0.15, -0.1) is 0 Å². The number of ether oxygens (including phenoxy) is 1. The number of hydrogen-bond acceptors (Lipinski definition) is 4. The number of pyridine rings is 2. The molecule has 1 aromatic carbocycles. The lowest BCUT2D eigenvalue weighted by Crippen LogP contribution is -2.01. The van der Waals surface area contributed by atoms with Gasteiger partial charge in [0.1, 0.15) is 5.82 Å². The topological polar surface area (TPSA) is 62.8 Å².